The molecule has 0 radical (unpaired) electrons. The number of anilines is 1. The van der Waals surface area contributed by atoms with Crippen LogP contribution in [0.1, 0.15) is 31.5 Å². The summed E-state index contributed by atoms with van der Waals surface area (Å²) in [5.74, 6) is 0. The van der Waals surface area contributed by atoms with Crippen molar-refractivity contribution in [1.29, 1.82) is 0 Å². The van der Waals surface area contributed by atoms with Gasteiger partial charge in [0.25, 0.3) is 0 Å². The molecule has 1 aromatic heterocycles. The van der Waals surface area contributed by atoms with Crippen LogP contribution in [0.3, 0.4) is 0 Å². The van der Waals surface area contributed by atoms with E-state index < -0.39 is 0 Å². The fourth-order valence-corrected chi connectivity index (χ4v) is 1.56. The predicted octanol–water partition coefficient (Wildman–Crippen LogP) is 1.53. The summed E-state index contributed by atoms with van der Waals surface area (Å²) in [5.41, 5.74) is 12.2. The third kappa shape index (κ3) is 2.17. The molecule has 4 N–H and O–H groups in total. The monoisotopic (exact) mass is 171 g/mol. The number of nitrogen functional groups attached to an aromatic ring is 1. The summed E-state index contributed by atoms with van der Waals surface area (Å²) in [7, 11) is 0. The van der Waals surface area contributed by atoms with Crippen molar-refractivity contribution in [3.05, 3.63) is 11.1 Å². The quantitative estimate of drug-likeness (QED) is 0.724. The average Bonchev–Trinajstić information content (AvgIpc) is 2.36. The summed E-state index contributed by atoms with van der Waals surface area (Å²) in [4.78, 5) is 4.10. The maximum Gasteiger partial charge on any atom is 0.180 e. The van der Waals surface area contributed by atoms with Gasteiger partial charge in [-0.25, -0.2) is 4.98 Å². The Kier molecular flexibility index (Phi) is 2.84. The van der Waals surface area contributed by atoms with Crippen molar-refractivity contribution in [1.82, 2.24) is 4.98 Å². The SMILES string of the molecule is CCCC(N)c1csc(N)n1. The number of rotatable bonds is 3. The van der Waals surface area contributed by atoms with E-state index in [-0.39, 0.29) is 6.04 Å². The van der Waals surface area contributed by atoms with Crippen LogP contribution in [-0.2, 0) is 0 Å². The lowest BCUT2D eigenvalue weighted by Crippen LogP contribution is -2.09. The van der Waals surface area contributed by atoms with Crippen molar-refractivity contribution in [2.45, 2.75) is 25.8 Å². The highest BCUT2D eigenvalue weighted by Gasteiger charge is 2.07. The van der Waals surface area contributed by atoms with Crippen molar-refractivity contribution in [2.24, 2.45) is 5.73 Å². The normalized spacial score (nSPS) is 13.3. The van der Waals surface area contributed by atoms with E-state index in [0.29, 0.717) is 5.13 Å². The highest BCUT2D eigenvalue weighted by molar-refractivity contribution is 7.13. The molecule has 0 aromatic carbocycles. The molecule has 0 saturated carbocycles. The highest BCUT2D eigenvalue weighted by Crippen LogP contribution is 2.19. The van der Waals surface area contributed by atoms with Crippen molar-refractivity contribution in [3.8, 4) is 0 Å². The molecule has 0 saturated heterocycles. The Morgan fingerprint density at radius 3 is 2.91 bits per heavy atom. The van der Waals surface area contributed by atoms with Crippen LogP contribution in [0.15, 0.2) is 5.38 Å². The molecule has 4 heteroatoms. The van der Waals surface area contributed by atoms with Crippen LogP contribution < -0.4 is 11.5 Å². The molecule has 1 rings (SSSR count). The molecule has 0 amide bonds. The zero-order valence-electron chi connectivity index (χ0n) is 6.58. The molecular weight excluding hydrogens is 158 g/mol. The second-order valence-electron chi connectivity index (χ2n) is 2.51. The number of aromatic nitrogens is 1. The molecule has 0 fully saturated rings. The lowest BCUT2D eigenvalue weighted by molar-refractivity contribution is 0.626. The van der Waals surface area contributed by atoms with Gasteiger partial charge >= 0.3 is 0 Å². The van der Waals surface area contributed by atoms with Gasteiger partial charge in [0, 0.05) is 11.4 Å². The predicted molar refractivity (Wildman–Crippen MR) is 48.4 cm³/mol. The number of hydrogen-bond acceptors (Lipinski definition) is 4. The van der Waals surface area contributed by atoms with Crippen LogP contribution in [0.2, 0.25) is 0 Å². The maximum absolute atomic E-state index is 5.81. The highest BCUT2D eigenvalue weighted by atomic mass is 32.1. The Morgan fingerprint density at radius 1 is 1.73 bits per heavy atom. The third-order valence-electron chi connectivity index (χ3n) is 1.52. The number of thiazole rings is 1. The summed E-state index contributed by atoms with van der Waals surface area (Å²) in [6.07, 6.45) is 2.06. The van der Waals surface area contributed by atoms with Crippen molar-refractivity contribution < 1.29 is 0 Å². The average molecular weight is 171 g/mol. The summed E-state index contributed by atoms with van der Waals surface area (Å²) in [5, 5.41) is 2.53. The van der Waals surface area contributed by atoms with Gasteiger partial charge in [-0.3, -0.25) is 0 Å². The van der Waals surface area contributed by atoms with E-state index in [1.165, 1.54) is 11.3 Å². The molecule has 3 nitrogen and oxygen atoms in total. The summed E-state index contributed by atoms with van der Waals surface area (Å²) in [6, 6.07) is 0.0635. The largest absolute Gasteiger partial charge is 0.375 e. The second-order valence-corrected chi connectivity index (χ2v) is 3.40. The van der Waals surface area contributed by atoms with Crippen LogP contribution in [0.25, 0.3) is 0 Å². The minimum absolute atomic E-state index is 0.0635. The Balaban J connectivity index is 2.60. The van der Waals surface area contributed by atoms with E-state index in [2.05, 4.69) is 11.9 Å². The van der Waals surface area contributed by atoms with Gasteiger partial charge in [-0.15, -0.1) is 11.3 Å². The number of hydrogen-bond donors (Lipinski definition) is 2. The molecule has 0 aliphatic heterocycles. The summed E-state index contributed by atoms with van der Waals surface area (Å²) in [6.45, 7) is 2.11. The topological polar surface area (TPSA) is 64.9 Å². The van der Waals surface area contributed by atoms with Crippen LogP contribution in [0, 0.1) is 0 Å². The number of nitrogens with zero attached hydrogens (tertiary/aromatic N) is 1. The zero-order valence-corrected chi connectivity index (χ0v) is 7.40. The molecule has 1 unspecified atom stereocenters. The lowest BCUT2D eigenvalue weighted by atomic mass is 10.1. The zero-order chi connectivity index (χ0) is 8.27. The minimum Gasteiger partial charge on any atom is -0.375 e. The molecule has 1 atom stereocenters. The van der Waals surface area contributed by atoms with E-state index in [9.17, 15) is 0 Å². The molecule has 62 valence electrons. The molecule has 0 aliphatic carbocycles. The number of nitrogens with two attached hydrogens (primary N) is 2. The molecule has 1 heterocycles. The Morgan fingerprint density at radius 2 is 2.45 bits per heavy atom. The molecule has 1 aromatic rings. The Hall–Kier alpha value is -0.610. The third-order valence-corrected chi connectivity index (χ3v) is 2.21. The van der Waals surface area contributed by atoms with Gasteiger partial charge in [-0.1, -0.05) is 13.3 Å². The molecular formula is C7H13N3S. The van der Waals surface area contributed by atoms with Crippen LogP contribution in [-0.4, -0.2) is 4.98 Å². The first-order valence-electron chi connectivity index (χ1n) is 3.70. The minimum atomic E-state index is 0.0635. The van der Waals surface area contributed by atoms with Crippen LogP contribution in [0.4, 0.5) is 5.13 Å². The van der Waals surface area contributed by atoms with E-state index in [1.54, 1.807) is 0 Å². The fourth-order valence-electron chi connectivity index (χ4n) is 0.930. The van der Waals surface area contributed by atoms with Gasteiger partial charge in [0.2, 0.25) is 0 Å². The van der Waals surface area contributed by atoms with Gasteiger partial charge in [0.15, 0.2) is 5.13 Å². The van der Waals surface area contributed by atoms with Gasteiger partial charge in [-0.05, 0) is 6.42 Å². The smallest absolute Gasteiger partial charge is 0.180 e. The van der Waals surface area contributed by atoms with Crippen molar-refractivity contribution in [2.75, 3.05) is 5.73 Å². The lowest BCUT2D eigenvalue weighted by Gasteiger charge is -2.04. The second kappa shape index (κ2) is 3.69. The van der Waals surface area contributed by atoms with Crippen molar-refractivity contribution in [3.63, 3.8) is 0 Å². The van der Waals surface area contributed by atoms with Crippen molar-refractivity contribution >= 4 is 16.5 Å². The molecule has 0 spiro atoms. The molecule has 0 bridgehead atoms. The standard InChI is InChI=1S/C7H13N3S/c1-2-3-5(8)6-4-11-7(9)10-6/h4-5H,2-3,8H2,1H3,(H2,9,10). The first-order chi connectivity index (χ1) is 5.24. The fraction of sp³-hybridized carbons (Fsp3) is 0.571. The van der Waals surface area contributed by atoms with Gasteiger partial charge in [0.1, 0.15) is 0 Å². The van der Waals surface area contributed by atoms with Crippen LogP contribution in [0.5, 0.6) is 0 Å². The van der Waals surface area contributed by atoms with Gasteiger partial charge in [0.05, 0.1) is 5.69 Å². The molecule has 11 heavy (non-hydrogen) atoms. The van der Waals surface area contributed by atoms with E-state index in [4.69, 9.17) is 11.5 Å². The van der Waals surface area contributed by atoms with E-state index >= 15 is 0 Å². The van der Waals surface area contributed by atoms with Gasteiger partial charge in [-0.2, -0.15) is 0 Å². The summed E-state index contributed by atoms with van der Waals surface area (Å²) >= 11 is 1.45. The molecule has 0 aliphatic rings. The van der Waals surface area contributed by atoms with Gasteiger partial charge < -0.3 is 11.5 Å². The Bertz CT molecular complexity index is 221. The maximum atomic E-state index is 5.81. The van der Waals surface area contributed by atoms with Crippen LogP contribution >= 0.6 is 11.3 Å². The first kappa shape index (κ1) is 8.49. The Labute approximate surface area is 70.4 Å². The van der Waals surface area contributed by atoms with E-state index in [1.807, 2.05) is 5.38 Å². The van der Waals surface area contributed by atoms with E-state index in [0.717, 1.165) is 18.5 Å². The summed E-state index contributed by atoms with van der Waals surface area (Å²) < 4.78 is 0. The first-order valence-corrected chi connectivity index (χ1v) is 4.58.